The maximum absolute atomic E-state index is 10.9. The number of hydrogen-bond donors (Lipinski definition) is 1. The van der Waals surface area contributed by atoms with E-state index in [1.807, 2.05) is 24.3 Å². The Hall–Kier alpha value is -2.73. The molecule has 0 unspecified atom stereocenters. The fourth-order valence-electron chi connectivity index (χ4n) is 2.44. The first-order valence-electron chi connectivity index (χ1n) is 7.45. The minimum Gasteiger partial charge on any atom is -0.490 e. The third-order valence-corrected chi connectivity index (χ3v) is 4.12. The molecule has 2 aromatic carbocycles. The lowest BCUT2D eigenvalue weighted by molar-refractivity contribution is -0.131. The minimum atomic E-state index is -1.04. The van der Waals surface area contributed by atoms with E-state index in [9.17, 15) is 4.79 Å². The molecule has 0 saturated heterocycles. The molecule has 0 aliphatic rings. The maximum Gasteiger partial charge on any atom is 0.328 e. The van der Waals surface area contributed by atoms with E-state index < -0.39 is 5.97 Å². The lowest BCUT2D eigenvalue weighted by Crippen LogP contribution is -2.00. The van der Waals surface area contributed by atoms with Gasteiger partial charge in [-0.25, -0.2) is 4.79 Å². The highest BCUT2D eigenvalue weighted by Gasteiger charge is 2.17. The average molecular weight is 403 g/mol. The van der Waals surface area contributed by atoms with Gasteiger partial charge in [-0.15, -0.1) is 0 Å². The first-order valence-corrected chi connectivity index (χ1v) is 8.24. The van der Waals surface area contributed by atoms with Crippen molar-refractivity contribution in [1.82, 2.24) is 0 Å². The summed E-state index contributed by atoms with van der Waals surface area (Å²) in [6.07, 6.45) is 4.10. The van der Waals surface area contributed by atoms with Crippen LogP contribution in [-0.2, 0) is 11.4 Å². The smallest absolute Gasteiger partial charge is 0.328 e. The maximum atomic E-state index is 10.9. The topological polar surface area (TPSA) is 68.9 Å². The molecule has 1 heterocycles. The molecule has 0 fully saturated rings. The Labute approximate surface area is 152 Å². The van der Waals surface area contributed by atoms with Crippen LogP contribution in [-0.4, -0.2) is 18.2 Å². The number of carboxylic acid groups (broad SMARTS) is 1. The summed E-state index contributed by atoms with van der Waals surface area (Å²) in [6, 6.07) is 11.3. The van der Waals surface area contributed by atoms with Crippen molar-refractivity contribution in [2.75, 3.05) is 7.11 Å². The van der Waals surface area contributed by atoms with E-state index in [4.69, 9.17) is 19.0 Å². The van der Waals surface area contributed by atoms with Crippen molar-refractivity contribution in [1.29, 1.82) is 0 Å². The number of furan rings is 1. The van der Waals surface area contributed by atoms with Crippen LogP contribution < -0.4 is 9.47 Å². The fraction of sp³-hybridized carbons (Fsp3) is 0.105. The highest BCUT2D eigenvalue weighted by atomic mass is 79.9. The first kappa shape index (κ1) is 17.1. The molecule has 0 aliphatic carbocycles. The molecule has 0 spiro atoms. The number of halogens is 1. The summed E-state index contributed by atoms with van der Waals surface area (Å²) in [5.74, 6) is -0.167. The van der Waals surface area contributed by atoms with E-state index in [1.165, 1.54) is 13.2 Å². The Bertz CT molecular complexity index is 925. The normalized spacial score (nSPS) is 11.1. The van der Waals surface area contributed by atoms with Crippen LogP contribution in [0, 0.1) is 0 Å². The van der Waals surface area contributed by atoms with Gasteiger partial charge in [0, 0.05) is 21.5 Å². The molecule has 0 amide bonds. The molecule has 3 aromatic rings. The van der Waals surface area contributed by atoms with Crippen molar-refractivity contribution in [3.63, 3.8) is 0 Å². The van der Waals surface area contributed by atoms with E-state index in [-0.39, 0.29) is 0 Å². The van der Waals surface area contributed by atoms with Gasteiger partial charge in [0.25, 0.3) is 0 Å². The van der Waals surface area contributed by atoms with Crippen molar-refractivity contribution >= 4 is 38.9 Å². The van der Waals surface area contributed by atoms with E-state index >= 15 is 0 Å². The third kappa shape index (κ3) is 3.85. The van der Waals surface area contributed by atoms with Crippen LogP contribution in [0.3, 0.4) is 0 Å². The van der Waals surface area contributed by atoms with Gasteiger partial charge in [-0.3, -0.25) is 0 Å². The zero-order chi connectivity index (χ0) is 17.8. The van der Waals surface area contributed by atoms with Crippen LogP contribution in [0.1, 0.15) is 11.1 Å². The highest BCUT2D eigenvalue weighted by Crippen LogP contribution is 2.40. The van der Waals surface area contributed by atoms with E-state index in [0.29, 0.717) is 29.3 Å². The van der Waals surface area contributed by atoms with Gasteiger partial charge >= 0.3 is 5.97 Å². The Kier molecular flexibility index (Phi) is 5.09. The summed E-state index contributed by atoms with van der Waals surface area (Å²) in [7, 11) is 1.52. The second-order valence-electron chi connectivity index (χ2n) is 5.25. The zero-order valence-corrected chi connectivity index (χ0v) is 14.9. The molecular weight excluding hydrogens is 388 g/mol. The molecule has 0 aliphatic heterocycles. The van der Waals surface area contributed by atoms with Crippen molar-refractivity contribution < 1.29 is 23.8 Å². The summed E-state index contributed by atoms with van der Waals surface area (Å²) in [4.78, 5) is 10.9. The van der Waals surface area contributed by atoms with Crippen LogP contribution in [0.4, 0.5) is 0 Å². The molecule has 1 aromatic heterocycles. The molecule has 3 rings (SSSR count). The summed E-state index contributed by atoms with van der Waals surface area (Å²) < 4.78 is 17.9. The van der Waals surface area contributed by atoms with Crippen molar-refractivity contribution in [2.45, 2.75) is 6.61 Å². The number of fused-ring (bicyclic) bond motifs is 1. The van der Waals surface area contributed by atoms with Crippen LogP contribution >= 0.6 is 15.9 Å². The predicted molar refractivity (Wildman–Crippen MR) is 97.9 cm³/mol. The highest BCUT2D eigenvalue weighted by molar-refractivity contribution is 9.10. The minimum absolute atomic E-state index is 0.309. The van der Waals surface area contributed by atoms with Crippen LogP contribution in [0.15, 0.2) is 57.6 Å². The fourth-order valence-corrected chi connectivity index (χ4v) is 2.70. The van der Waals surface area contributed by atoms with E-state index in [1.54, 1.807) is 18.4 Å². The molecule has 128 valence electrons. The molecule has 6 heteroatoms. The van der Waals surface area contributed by atoms with Crippen molar-refractivity contribution in [2.24, 2.45) is 0 Å². The second-order valence-corrected chi connectivity index (χ2v) is 6.17. The number of carboxylic acids is 1. The number of methoxy groups -OCH3 is 1. The second kappa shape index (κ2) is 7.44. The quantitative estimate of drug-likeness (QED) is 0.594. The largest absolute Gasteiger partial charge is 0.490 e. The van der Waals surface area contributed by atoms with Crippen LogP contribution in [0.25, 0.3) is 17.0 Å². The van der Waals surface area contributed by atoms with Crippen molar-refractivity contribution in [3.05, 3.63) is 64.3 Å². The zero-order valence-electron chi connectivity index (χ0n) is 13.4. The van der Waals surface area contributed by atoms with Gasteiger partial charge in [-0.05, 0) is 35.9 Å². The molecule has 1 N–H and O–H groups in total. The third-order valence-electron chi connectivity index (χ3n) is 3.59. The number of benzene rings is 2. The lowest BCUT2D eigenvalue weighted by Gasteiger charge is -2.14. The SMILES string of the molecule is COc1c(OCc2ccc(Br)cc2)c(C=CC(=O)O)cc2ccoc12. The Morgan fingerprint density at radius 2 is 2.00 bits per heavy atom. The van der Waals surface area contributed by atoms with E-state index in [0.717, 1.165) is 21.5 Å². The van der Waals surface area contributed by atoms with Crippen molar-refractivity contribution in [3.8, 4) is 11.5 Å². The number of aliphatic carboxylic acids is 1. The summed E-state index contributed by atoms with van der Waals surface area (Å²) in [6.45, 7) is 0.309. The predicted octanol–water partition coefficient (Wildman–Crippen LogP) is 4.88. The average Bonchev–Trinajstić information content (AvgIpc) is 3.06. The Morgan fingerprint density at radius 3 is 2.68 bits per heavy atom. The number of carbonyl (C=O) groups is 1. The monoisotopic (exact) mass is 402 g/mol. The lowest BCUT2D eigenvalue weighted by atomic mass is 10.1. The standard InChI is InChI=1S/C19H15BrO5/c1-23-19-17-14(8-9-24-17)10-13(4-7-16(21)22)18(19)25-11-12-2-5-15(20)6-3-12/h2-10H,11H2,1H3,(H,21,22). The van der Waals surface area contributed by atoms with Gasteiger partial charge in [-0.1, -0.05) is 28.1 Å². The molecule has 0 bridgehead atoms. The van der Waals surface area contributed by atoms with Gasteiger partial charge in [0.1, 0.15) is 6.61 Å². The summed E-state index contributed by atoms with van der Waals surface area (Å²) >= 11 is 3.39. The number of ether oxygens (including phenoxy) is 2. The van der Waals surface area contributed by atoms with Gasteiger partial charge in [-0.2, -0.15) is 0 Å². The molecule has 25 heavy (non-hydrogen) atoms. The number of rotatable bonds is 6. The van der Waals surface area contributed by atoms with Crippen LogP contribution in [0.2, 0.25) is 0 Å². The first-order chi connectivity index (χ1) is 12.1. The van der Waals surface area contributed by atoms with Crippen LogP contribution in [0.5, 0.6) is 11.5 Å². The number of hydrogen-bond acceptors (Lipinski definition) is 4. The Morgan fingerprint density at radius 1 is 1.24 bits per heavy atom. The van der Waals surface area contributed by atoms with Gasteiger partial charge in [0.2, 0.25) is 5.75 Å². The van der Waals surface area contributed by atoms with Gasteiger partial charge < -0.3 is 19.0 Å². The summed E-state index contributed by atoms with van der Waals surface area (Å²) in [5, 5.41) is 9.72. The van der Waals surface area contributed by atoms with Gasteiger partial charge in [0.05, 0.1) is 13.4 Å². The molecule has 0 radical (unpaired) electrons. The molecule has 5 nitrogen and oxygen atoms in total. The molecular formula is C19H15BrO5. The van der Waals surface area contributed by atoms with Gasteiger partial charge in [0.15, 0.2) is 11.3 Å². The summed E-state index contributed by atoms with van der Waals surface area (Å²) in [5.41, 5.74) is 2.13. The molecule has 0 saturated carbocycles. The van der Waals surface area contributed by atoms with E-state index in [2.05, 4.69) is 15.9 Å². The molecule has 0 atom stereocenters. The Balaban J connectivity index is 2.01.